The predicted octanol–water partition coefficient (Wildman–Crippen LogP) is 6.13. The van der Waals surface area contributed by atoms with Crippen molar-refractivity contribution in [3.05, 3.63) is 71.5 Å². The molecule has 0 saturated carbocycles. The quantitative estimate of drug-likeness (QED) is 0.435. The van der Waals surface area contributed by atoms with Gasteiger partial charge in [0.15, 0.2) is 5.78 Å². The lowest BCUT2D eigenvalue weighted by Crippen LogP contribution is -2.40. The first-order chi connectivity index (χ1) is 15.4. The highest BCUT2D eigenvalue weighted by molar-refractivity contribution is 5.98. The van der Waals surface area contributed by atoms with E-state index in [-0.39, 0.29) is 17.2 Å². The van der Waals surface area contributed by atoms with E-state index in [0.29, 0.717) is 17.1 Å². The van der Waals surface area contributed by atoms with Crippen LogP contribution in [0.1, 0.15) is 54.7 Å². The number of carbonyl (C=O) groups is 1. The van der Waals surface area contributed by atoms with Crippen molar-refractivity contribution in [2.45, 2.75) is 45.6 Å². The third kappa shape index (κ3) is 3.88. The van der Waals surface area contributed by atoms with Crippen LogP contribution in [0.15, 0.2) is 54.7 Å². The molecule has 2 aromatic carbocycles. The van der Waals surface area contributed by atoms with Crippen LogP contribution in [0.25, 0.3) is 5.69 Å². The maximum atomic E-state index is 13.2. The van der Waals surface area contributed by atoms with E-state index in [4.69, 9.17) is 9.47 Å². The van der Waals surface area contributed by atoms with Gasteiger partial charge in [-0.25, -0.2) is 0 Å². The highest BCUT2D eigenvalue weighted by Gasteiger charge is 2.37. The number of aromatic nitrogens is 1. The fourth-order valence-corrected chi connectivity index (χ4v) is 4.71. The monoisotopic (exact) mass is 432 g/mol. The average molecular weight is 433 g/mol. The summed E-state index contributed by atoms with van der Waals surface area (Å²) in [6, 6.07) is 16.2. The molecule has 5 nitrogen and oxygen atoms in total. The highest BCUT2D eigenvalue weighted by atomic mass is 16.5. The van der Waals surface area contributed by atoms with Crippen LogP contribution in [-0.4, -0.2) is 24.6 Å². The summed E-state index contributed by atoms with van der Waals surface area (Å²) in [7, 11) is 3.20. The second-order valence-electron chi connectivity index (χ2n) is 8.75. The van der Waals surface area contributed by atoms with E-state index in [1.807, 2.05) is 6.92 Å². The molecule has 1 N–H and O–H groups in total. The zero-order valence-electron chi connectivity index (χ0n) is 19.6. The van der Waals surface area contributed by atoms with E-state index in [0.717, 1.165) is 24.9 Å². The fourth-order valence-electron chi connectivity index (χ4n) is 4.71. The van der Waals surface area contributed by atoms with Crippen LogP contribution in [-0.2, 0) is 5.54 Å². The molecule has 1 aliphatic rings. The van der Waals surface area contributed by atoms with Crippen molar-refractivity contribution in [1.29, 1.82) is 0 Å². The van der Waals surface area contributed by atoms with Gasteiger partial charge in [0.2, 0.25) is 0 Å². The Bertz CT molecular complexity index is 1110. The Morgan fingerprint density at radius 3 is 2.47 bits per heavy atom. The molecule has 0 amide bonds. The molecule has 0 spiro atoms. The van der Waals surface area contributed by atoms with Crippen LogP contribution in [0.3, 0.4) is 0 Å². The van der Waals surface area contributed by atoms with Crippen molar-refractivity contribution in [3.63, 3.8) is 0 Å². The van der Waals surface area contributed by atoms with Crippen LogP contribution >= 0.6 is 0 Å². The van der Waals surface area contributed by atoms with Gasteiger partial charge in [0.25, 0.3) is 0 Å². The lowest BCUT2D eigenvalue weighted by Gasteiger charge is -2.41. The Labute approximate surface area is 190 Å². The van der Waals surface area contributed by atoms with Crippen LogP contribution in [0.4, 0.5) is 5.69 Å². The van der Waals surface area contributed by atoms with Crippen molar-refractivity contribution in [2.75, 3.05) is 19.5 Å². The standard InChI is InChI=1S/C27H32N2O3/c1-6-27(25-8-7-13-29(25)24-14-18(2)9-10-23(24)28-27)12-11-19(3)26(30)20-15-21(31-4)17-22(16-20)32-5/h7-10,13-17,19,28H,6,11-12H2,1-5H3. The van der Waals surface area contributed by atoms with Gasteiger partial charge >= 0.3 is 0 Å². The van der Waals surface area contributed by atoms with Gasteiger partial charge in [-0.1, -0.05) is 19.9 Å². The molecular formula is C27H32N2O3. The molecule has 4 rings (SSSR count). The van der Waals surface area contributed by atoms with Gasteiger partial charge in [-0.05, 0) is 68.1 Å². The molecule has 0 radical (unpaired) electrons. The Balaban J connectivity index is 1.58. The first kappa shape index (κ1) is 22.0. The molecule has 168 valence electrons. The summed E-state index contributed by atoms with van der Waals surface area (Å²) in [5.41, 5.74) is 5.22. The topological polar surface area (TPSA) is 52.5 Å². The van der Waals surface area contributed by atoms with E-state index in [9.17, 15) is 4.79 Å². The lowest BCUT2D eigenvalue weighted by molar-refractivity contribution is 0.0917. The smallest absolute Gasteiger partial charge is 0.165 e. The van der Waals surface area contributed by atoms with E-state index in [1.165, 1.54) is 16.9 Å². The number of carbonyl (C=O) groups excluding carboxylic acids is 1. The molecule has 2 atom stereocenters. The van der Waals surface area contributed by atoms with Gasteiger partial charge in [0.1, 0.15) is 11.5 Å². The van der Waals surface area contributed by atoms with Crippen molar-refractivity contribution in [2.24, 2.45) is 5.92 Å². The maximum Gasteiger partial charge on any atom is 0.165 e. The molecule has 2 unspecified atom stereocenters. The summed E-state index contributed by atoms with van der Waals surface area (Å²) in [5, 5.41) is 3.83. The SMILES string of the molecule is CCC1(CCC(C)C(=O)c2cc(OC)cc(OC)c2)Nc2ccc(C)cc2-n2cccc21. The second-order valence-corrected chi connectivity index (χ2v) is 8.75. The van der Waals surface area contributed by atoms with Crippen LogP contribution in [0.2, 0.25) is 0 Å². The van der Waals surface area contributed by atoms with Gasteiger partial charge in [-0.3, -0.25) is 4.79 Å². The first-order valence-electron chi connectivity index (χ1n) is 11.2. The lowest BCUT2D eigenvalue weighted by atomic mass is 9.81. The molecular weight excluding hydrogens is 400 g/mol. The number of nitrogens with one attached hydrogen (secondary N) is 1. The third-order valence-corrected chi connectivity index (χ3v) is 6.72. The molecule has 0 aliphatic carbocycles. The molecule has 1 aliphatic heterocycles. The third-order valence-electron chi connectivity index (χ3n) is 6.72. The minimum absolute atomic E-state index is 0.107. The number of fused-ring (bicyclic) bond motifs is 3. The summed E-state index contributed by atoms with van der Waals surface area (Å²) in [6.07, 6.45) is 4.69. The zero-order chi connectivity index (χ0) is 22.9. The zero-order valence-corrected chi connectivity index (χ0v) is 19.6. The molecule has 3 aromatic rings. The minimum atomic E-state index is -0.216. The largest absolute Gasteiger partial charge is 0.497 e. The molecule has 5 heteroatoms. The normalized spacial score (nSPS) is 17.7. The van der Waals surface area contributed by atoms with Crippen LogP contribution in [0, 0.1) is 12.8 Å². The Kier molecular flexibility index (Phi) is 6.00. The Morgan fingerprint density at radius 1 is 1.09 bits per heavy atom. The summed E-state index contributed by atoms with van der Waals surface area (Å²) < 4.78 is 13.0. The van der Waals surface area contributed by atoms with Crippen LogP contribution in [0.5, 0.6) is 11.5 Å². The number of Topliss-reactive ketones (excluding diaryl/α,β-unsaturated/α-hetero) is 1. The van der Waals surface area contributed by atoms with Crippen molar-refractivity contribution in [1.82, 2.24) is 4.57 Å². The first-order valence-corrected chi connectivity index (χ1v) is 11.2. The number of benzene rings is 2. The summed E-state index contributed by atoms with van der Waals surface area (Å²) >= 11 is 0. The number of anilines is 1. The highest BCUT2D eigenvalue weighted by Crippen LogP contribution is 2.43. The number of ketones is 1. The molecule has 0 saturated heterocycles. The number of methoxy groups -OCH3 is 2. The van der Waals surface area contributed by atoms with E-state index in [2.05, 4.69) is 60.3 Å². The maximum absolute atomic E-state index is 13.2. The summed E-state index contributed by atoms with van der Waals surface area (Å²) in [5.74, 6) is 1.24. The van der Waals surface area contributed by atoms with Gasteiger partial charge in [-0.2, -0.15) is 0 Å². The molecule has 0 fully saturated rings. The van der Waals surface area contributed by atoms with Gasteiger partial charge in [0.05, 0.1) is 31.1 Å². The minimum Gasteiger partial charge on any atom is -0.497 e. The number of nitrogens with zero attached hydrogens (tertiary/aromatic N) is 1. The number of hydrogen-bond acceptors (Lipinski definition) is 4. The molecule has 1 aromatic heterocycles. The Hall–Kier alpha value is -3.21. The molecule has 32 heavy (non-hydrogen) atoms. The van der Waals surface area contributed by atoms with Crippen molar-refractivity contribution in [3.8, 4) is 17.2 Å². The summed E-state index contributed by atoms with van der Waals surface area (Å²) in [4.78, 5) is 13.2. The van der Waals surface area contributed by atoms with E-state index in [1.54, 1.807) is 32.4 Å². The van der Waals surface area contributed by atoms with Gasteiger partial charge in [0, 0.05) is 29.4 Å². The fraction of sp³-hybridized carbons (Fsp3) is 0.370. The summed E-state index contributed by atoms with van der Waals surface area (Å²) in [6.45, 7) is 6.34. The molecule has 0 bridgehead atoms. The van der Waals surface area contributed by atoms with E-state index < -0.39 is 0 Å². The van der Waals surface area contributed by atoms with Crippen molar-refractivity contribution < 1.29 is 14.3 Å². The van der Waals surface area contributed by atoms with E-state index >= 15 is 0 Å². The number of ether oxygens (including phenoxy) is 2. The van der Waals surface area contributed by atoms with Crippen molar-refractivity contribution >= 4 is 11.5 Å². The molecule has 2 heterocycles. The second kappa shape index (κ2) is 8.73. The number of rotatable bonds is 8. The predicted molar refractivity (Wildman–Crippen MR) is 128 cm³/mol. The number of aryl methyl sites for hydroxylation is 1. The van der Waals surface area contributed by atoms with Gasteiger partial charge < -0.3 is 19.4 Å². The number of hydrogen-bond donors (Lipinski definition) is 1. The average Bonchev–Trinajstić information content (AvgIpc) is 3.33. The van der Waals surface area contributed by atoms with Crippen LogP contribution < -0.4 is 14.8 Å². The Morgan fingerprint density at radius 2 is 1.81 bits per heavy atom. The van der Waals surface area contributed by atoms with Gasteiger partial charge in [-0.15, -0.1) is 0 Å².